The average molecular weight is 369 g/mol. The summed E-state index contributed by atoms with van der Waals surface area (Å²) in [4.78, 5) is 12.8. The second kappa shape index (κ2) is 8.26. The predicted molar refractivity (Wildman–Crippen MR) is 111 cm³/mol. The molecule has 0 aliphatic rings. The number of carbonyl (C=O) groups excluding carboxylic acids is 1. The van der Waals surface area contributed by atoms with Gasteiger partial charge in [0.15, 0.2) is 0 Å². The molecule has 24 heavy (non-hydrogen) atoms. The lowest BCUT2D eigenvalue weighted by atomic mass is 9.80. The van der Waals surface area contributed by atoms with Crippen LogP contribution in [-0.4, -0.2) is 18.1 Å². The van der Waals surface area contributed by atoms with Crippen molar-refractivity contribution in [1.82, 2.24) is 5.32 Å². The number of hydrogen-bond acceptors (Lipinski definition) is 3. The van der Waals surface area contributed by atoms with E-state index < -0.39 is 5.41 Å². The van der Waals surface area contributed by atoms with Crippen LogP contribution >= 0.6 is 18.5 Å². The van der Waals surface area contributed by atoms with Crippen LogP contribution in [0, 0.1) is 19.3 Å². The lowest BCUT2D eigenvalue weighted by Gasteiger charge is -2.34. The quantitative estimate of drug-likeness (QED) is 0.455. The van der Waals surface area contributed by atoms with Crippen molar-refractivity contribution in [3.8, 4) is 5.75 Å². The first kappa shape index (κ1) is 21.6. The molecule has 0 aliphatic heterocycles. The maximum Gasteiger partial charge on any atom is 0.317 e. The van der Waals surface area contributed by atoms with Gasteiger partial charge >= 0.3 is 5.97 Å². The van der Waals surface area contributed by atoms with Crippen LogP contribution in [0.5, 0.6) is 5.75 Å². The first-order chi connectivity index (χ1) is 10.9. The Bertz CT molecular complexity index is 584. The average Bonchev–Trinajstić information content (AvgIpc) is 2.46. The number of rotatable bonds is 7. The molecule has 0 bridgehead atoms. The molecule has 0 radical (unpaired) electrons. The topological polar surface area (TPSA) is 38.3 Å². The number of carbonyl (C=O) groups is 1. The molecule has 0 saturated heterocycles. The largest absolute Gasteiger partial charge is 0.425 e. The molecular formula is C19H33NO2P2. The highest BCUT2D eigenvalue weighted by atomic mass is 31.0. The Kier molecular flexibility index (Phi) is 7.42. The third-order valence-electron chi connectivity index (χ3n) is 4.34. The van der Waals surface area contributed by atoms with Gasteiger partial charge in [-0.1, -0.05) is 13.0 Å². The monoisotopic (exact) mass is 369 g/mol. The molecule has 0 saturated carbocycles. The van der Waals surface area contributed by atoms with Gasteiger partial charge in [0.2, 0.25) is 0 Å². The standard InChI is InChI=1S/C19H33NO2P2/c1-8-9-20-19(6,7)11-18(4,5)17(21)22-15-13(3)12(2)10-14(23)16(15)24/h10,20H,8-9,11,23-24H2,1-7H3. The van der Waals surface area contributed by atoms with Crippen molar-refractivity contribution in [2.45, 2.75) is 66.8 Å². The van der Waals surface area contributed by atoms with Crippen LogP contribution < -0.4 is 20.7 Å². The zero-order valence-corrected chi connectivity index (χ0v) is 18.5. The van der Waals surface area contributed by atoms with Gasteiger partial charge in [0.05, 0.1) is 5.41 Å². The van der Waals surface area contributed by atoms with E-state index in [0.717, 1.165) is 34.7 Å². The first-order valence-corrected chi connectivity index (χ1v) is 9.69. The van der Waals surface area contributed by atoms with Gasteiger partial charge in [-0.05, 0) is 77.4 Å². The van der Waals surface area contributed by atoms with Gasteiger partial charge in [-0.25, -0.2) is 0 Å². The molecular weight excluding hydrogens is 336 g/mol. The molecule has 136 valence electrons. The predicted octanol–water partition coefficient (Wildman–Crippen LogP) is 3.40. The Balaban J connectivity index is 2.98. The summed E-state index contributed by atoms with van der Waals surface area (Å²) < 4.78 is 5.85. The number of aryl methyl sites for hydroxylation is 1. The summed E-state index contributed by atoms with van der Waals surface area (Å²) in [5, 5.41) is 5.47. The second-order valence-electron chi connectivity index (χ2n) is 7.91. The fraction of sp³-hybridized carbons (Fsp3) is 0.632. The molecule has 0 heterocycles. The van der Waals surface area contributed by atoms with Gasteiger partial charge in [0.25, 0.3) is 0 Å². The van der Waals surface area contributed by atoms with Crippen LogP contribution in [-0.2, 0) is 4.79 Å². The fourth-order valence-electron chi connectivity index (χ4n) is 3.00. The first-order valence-electron chi connectivity index (χ1n) is 8.53. The Morgan fingerprint density at radius 2 is 1.79 bits per heavy atom. The summed E-state index contributed by atoms with van der Waals surface area (Å²) in [5.74, 6) is 0.484. The van der Waals surface area contributed by atoms with E-state index in [1.54, 1.807) is 0 Å². The second-order valence-corrected chi connectivity index (χ2v) is 9.11. The zero-order chi connectivity index (χ0) is 18.7. The maximum absolute atomic E-state index is 12.8. The molecule has 0 aromatic heterocycles. The van der Waals surface area contributed by atoms with Crippen molar-refractivity contribution in [2.75, 3.05) is 6.54 Å². The molecule has 2 atom stereocenters. The minimum Gasteiger partial charge on any atom is -0.425 e. The number of esters is 1. The summed E-state index contributed by atoms with van der Waals surface area (Å²) in [6, 6.07) is 2.09. The van der Waals surface area contributed by atoms with Gasteiger partial charge in [-0.2, -0.15) is 0 Å². The van der Waals surface area contributed by atoms with Gasteiger partial charge in [-0.15, -0.1) is 18.5 Å². The zero-order valence-electron chi connectivity index (χ0n) is 16.2. The van der Waals surface area contributed by atoms with Crippen molar-refractivity contribution >= 4 is 35.1 Å². The normalized spacial score (nSPS) is 12.4. The minimum absolute atomic E-state index is 0.115. The van der Waals surface area contributed by atoms with E-state index in [1.807, 2.05) is 27.7 Å². The summed E-state index contributed by atoms with van der Waals surface area (Å²) in [6.45, 7) is 15.3. The van der Waals surface area contributed by atoms with Crippen LogP contribution in [0.2, 0.25) is 0 Å². The Labute approximate surface area is 152 Å². The molecule has 1 aromatic rings. The Hall–Kier alpha value is -0.490. The van der Waals surface area contributed by atoms with E-state index in [0.29, 0.717) is 12.2 Å². The molecule has 0 spiro atoms. The molecule has 0 fully saturated rings. The smallest absolute Gasteiger partial charge is 0.317 e. The van der Waals surface area contributed by atoms with Crippen LogP contribution in [0.3, 0.4) is 0 Å². The van der Waals surface area contributed by atoms with E-state index in [-0.39, 0.29) is 11.5 Å². The van der Waals surface area contributed by atoms with Crippen molar-refractivity contribution in [3.63, 3.8) is 0 Å². The molecule has 5 heteroatoms. The maximum atomic E-state index is 12.8. The highest BCUT2D eigenvalue weighted by Gasteiger charge is 2.36. The van der Waals surface area contributed by atoms with Crippen LogP contribution in [0.4, 0.5) is 0 Å². The van der Waals surface area contributed by atoms with Crippen molar-refractivity contribution in [2.24, 2.45) is 5.41 Å². The number of hydrogen-bond donors (Lipinski definition) is 1. The van der Waals surface area contributed by atoms with Gasteiger partial charge < -0.3 is 10.1 Å². The lowest BCUT2D eigenvalue weighted by molar-refractivity contribution is -0.145. The molecule has 1 N–H and O–H groups in total. The van der Waals surface area contributed by atoms with E-state index in [9.17, 15) is 4.79 Å². The SMILES string of the molecule is CCCNC(C)(C)CC(C)(C)C(=O)Oc1c(C)c(C)cc(P)c1P. The summed E-state index contributed by atoms with van der Waals surface area (Å²) >= 11 is 0. The molecule has 0 aliphatic carbocycles. The number of ether oxygens (including phenoxy) is 1. The van der Waals surface area contributed by atoms with Crippen LogP contribution in [0.15, 0.2) is 6.07 Å². The molecule has 1 rings (SSSR count). The van der Waals surface area contributed by atoms with Crippen molar-refractivity contribution < 1.29 is 9.53 Å². The summed E-state index contributed by atoms with van der Waals surface area (Å²) in [7, 11) is 5.38. The molecule has 3 nitrogen and oxygen atoms in total. The summed E-state index contributed by atoms with van der Waals surface area (Å²) in [5.41, 5.74) is 1.45. The van der Waals surface area contributed by atoms with E-state index in [2.05, 4.69) is 50.6 Å². The number of nitrogens with one attached hydrogen (secondary N) is 1. The van der Waals surface area contributed by atoms with Crippen LogP contribution in [0.25, 0.3) is 0 Å². The van der Waals surface area contributed by atoms with Crippen molar-refractivity contribution in [1.29, 1.82) is 0 Å². The van der Waals surface area contributed by atoms with Crippen LogP contribution in [0.1, 0.15) is 58.6 Å². The third-order valence-corrected chi connectivity index (χ3v) is 5.75. The highest BCUT2D eigenvalue weighted by molar-refractivity contribution is 7.36. The lowest BCUT2D eigenvalue weighted by Crippen LogP contribution is -2.46. The van der Waals surface area contributed by atoms with E-state index in [1.165, 1.54) is 0 Å². The van der Waals surface area contributed by atoms with E-state index >= 15 is 0 Å². The Morgan fingerprint density at radius 1 is 1.21 bits per heavy atom. The van der Waals surface area contributed by atoms with Gasteiger partial charge in [-0.3, -0.25) is 4.79 Å². The van der Waals surface area contributed by atoms with Gasteiger partial charge in [0.1, 0.15) is 5.75 Å². The molecule has 0 amide bonds. The Morgan fingerprint density at radius 3 is 2.33 bits per heavy atom. The number of benzene rings is 1. The van der Waals surface area contributed by atoms with Gasteiger partial charge in [0, 0.05) is 10.8 Å². The highest BCUT2D eigenvalue weighted by Crippen LogP contribution is 2.31. The van der Waals surface area contributed by atoms with Crippen molar-refractivity contribution in [3.05, 3.63) is 17.2 Å². The summed E-state index contributed by atoms with van der Waals surface area (Å²) in [6.07, 6.45) is 1.79. The fourth-order valence-corrected chi connectivity index (χ4v) is 3.74. The van der Waals surface area contributed by atoms with E-state index in [4.69, 9.17) is 4.74 Å². The minimum atomic E-state index is -0.571. The third kappa shape index (κ3) is 5.51. The molecule has 2 unspecified atom stereocenters. The molecule has 1 aromatic carbocycles.